The van der Waals surface area contributed by atoms with Crippen LogP contribution in [0.25, 0.3) is 0 Å². The average Bonchev–Trinajstić information content (AvgIpc) is 2.34. The van der Waals surface area contributed by atoms with Gasteiger partial charge in [-0.2, -0.15) is 0 Å². The quantitative estimate of drug-likeness (QED) is 0.724. The Balaban J connectivity index is 2.07. The first-order chi connectivity index (χ1) is 9.04. The Morgan fingerprint density at radius 2 is 1.95 bits per heavy atom. The fourth-order valence-electron chi connectivity index (χ4n) is 1.64. The molecule has 0 aliphatic rings. The third kappa shape index (κ3) is 3.45. The highest BCUT2D eigenvalue weighted by Gasteiger charge is 2.07. The van der Waals surface area contributed by atoms with Gasteiger partial charge in [0.1, 0.15) is 5.82 Å². The van der Waals surface area contributed by atoms with E-state index in [2.05, 4.69) is 10.6 Å². The Morgan fingerprint density at radius 3 is 2.68 bits per heavy atom. The van der Waals surface area contributed by atoms with E-state index in [9.17, 15) is 9.18 Å². The van der Waals surface area contributed by atoms with Gasteiger partial charge in [0.05, 0.1) is 5.69 Å². The molecular formula is C14H14FN3O. The molecule has 2 aromatic rings. The summed E-state index contributed by atoms with van der Waals surface area (Å²) in [6.07, 6.45) is 0. The van der Waals surface area contributed by atoms with Gasteiger partial charge in [-0.3, -0.25) is 0 Å². The number of rotatable bonds is 2. The molecule has 0 radical (unpaired) electrons. The van der Waals surface area contributed by atoms with Gasteiger partial charge in [0.25, 0.3) is 0 Å². The Bertz CT molecular complexity index is 613. The van der Waals surface area contributed by atoms with Crippen LogP contribution in [0, 0.1) is 12.7 Å². The second kappa shape index (κ2) is 5.39. The lowest BCUT2D eigenvalue weighted by Gasteiger charge is -2.09. The number of nitrogen functional groups attached to an aromatic ring is 1. The third-order valence-electron chi connectivity index (χ3n) is 2.51. The first-order valence-electron chi connectivity index (χ1n) is 5.74. The molecule has 0 heterocycles. The molecule has 5 heteroatoms. The van der Waals surface area contributed by atoms with Crippen molar-refractivity contribution in [2.75, 3.05) is 16.4 Å². The van der Waals surface area contributed by atoms with Crippen LogP contribution in [-0.2, 0) is 0 Å². The summed E-state index contributed by atoms with van der Waals surface area (Å²) in [6.45, 7) is 1.82. The summed E-state index contributed by atoms with van der Waals surface area (Å²) in [5.41, 5.74) is 7.69. The number of halogens is 1. The third-order valence-corrected chi connectivity index (χ3v) is 2.51. The highest BCUT2D eigenvalue weighted by atomic mass is 19.1. The van der Waals surface area contributed by atoms with E-state index in [1.807, 2.05) is 6.92 Å². The number of amides is 2. The maximum atomic E-state index is 13.5. The van der Waals surface area contributed by atoms with Crippen LogP contribution in [0.15, 0.2) is 42.5 Å². The molecule has 0 spiro atoms. The van der Waals surface area contributed by atoms with E-state index in [1.165, 1.54) is 6.07 Å². The number of hydrogen-bond donors (Lipinski definition) is 3. The van der Waals surface area contributed by atoms with Crippen LogP contribution >= 0.6 is 0 Å². The summed E-state index contributed by atoms with van der Waals surface area (Å²) in [7, 11) is 0. The van der Waals surface area contributed by atoms with Crippen molar-refractivity contribution in [3.8, 4) is 0 Å². The SMILES string of the molecule is Cc1ccc(F)c(NC(=O)Nc2cccc(N)c2)c1. The minimum atomic E-state index is -0.518. The molecule has 2 amide bonds. The van der Waals surface area contributed by atoms with Gasteiger partial charge in [-0.15, -0.1) is 0 Å². The van der Waals surface area contributed by atoms with E-state index in [-0.39, 0.29) is 5.69 Å². The van der Waals surface area contributed by atoms with Crippen LogP contribution < -0.4 is 16.4 Å². The van der Waals surface area contributed by atoms with Gasteiger partial charge in [0.2, 0.25) is 0 Å². The van der Waals surface area contributed by atoms with Crippen LogP contribution in [0.2, 0.25) is 0 Å². The van der Waals surface area contributed by atoms with Crippen molar-refractivity contribution in [2.24, 2.45) is 0 Å². The molecule has 98 valence electrons. The molecule has 0 saturated heterocycles. The number of carbonyl (C=O) groups is 1. The molecule has 19 heavy (non-hydrogen) atoms. The lowest BCUT2D eigenvalue weighted by molar-refractivity contribution is 0.262. The van der Waals surface area contributed by atoms with E-state index >= 15 is 0 Å². The summed E-state index contributed by atoms with van der Waals surface area (Å²) in [5, 5.41) is 5.03. The molecule has 0 aromatic heterocycles. The lowest BCUT2D eigenvalue weighted by atomic mass is 10.2. The summed E-state index contributed by atoms with van der Waals surface area (Å²) in [6, 6.07) is 10.7. The number of aryl methyl sites for hydroxylation is 1. The van der Waals surface area contributed by atoms with E-state index in [4.69, 9.17) is 5.73 Å². The zero-order valence-corrected chi connectivity index (χ0v) is 10.4. The highest BCUT2D eigenvalue weighted by Crippen LogP contribution is 2.17. The number of nitrogens with two attached hydrogens (primary N) is 1. The van der Waals surface area contributed by atoms with Crippen LogP contribution in [-0.4, -0.2) is 6.03 Å². The normalized spacial score (nSPS) is 10.0. The first-order valence-corrected chi connectivity index (χ1v) is 5.74. The van der Waals surface area contributed by atoms with Crippen molar-refractivity contribution in [1.29, 1.82) is 0 Å². The zero-order chi connectivity index (χ0) is 13.8. The average molecular weight is 259 g/mol. The molecule has 0 fully saturated rings. The zero-order valence-electron chi connectivity index (χ0n) is 10.4. The van der Waals surface area contributed by atoms with Gasteiger partial charge < -0.3 is 16.4 Å². The Labute approximate surface area is 110 Å². The summed E-state index contributed by atoms with van der Waals surface area (Å²) in [4.78, 5) is 11.7. The van der Waals surface area contributed by atoms with Gasteiger partial charge in [-0.05, 0) is 42.8 Å². The summed E-state index contributed by atoms with van der Waals surface area (Å²) in [5.74, 6) is -0.478. The van der Waals surface area contributed by atoms with Gasteiger partial charge in [0, 0.05) is 11.4 Å². The number of urea groups is 1. The van der Waals surface area contributed by atoms with E-state index < -0.39 is 11.8 Å². The number of hydrogen-bond acceptors (Lipinski definition) is 2. The molecule has 4 nitrogen and oxygen atoms in total. The van der Waals surface area contributed by atoms with Gasteiger partial charge >= 0.3 is 6.03 Å². The van der Waals surface area contributed by atoms with Crippen molar-refractivity contribution in [3.05, 3.63) is 53.8 Å². The maximum absolute atomic E-state index is 13.5. The fraction of sp³-hybridized carbons (Fsp3) is 0.0714. The molecule has 4 N–H and O–H groups in total. The minimum Gasteiger partial charge on any atom is -0.399 e. The predicted molar refractivity (Wildman–Crippen MR) is 74.6 cm³/mol. The molecule has 2 rings (SSSR count). The smallest absolute Gasteiger partial charge is 0.323 e. The number of carbonyl (C=O) groups excluding carboxylic acids is 1. The second-order valence-corrected chi connectivity index (χ2v) is 4.19. The van der Waals surface area contributed by atoms with E-state index in [1.54, 1.807) is 36.4 Å². The van der Waals surface area contributed by atoms with Crippen molar-refractivity contribution < 1.29 is 9.18 Å². The second-order valence-electron chi connectivity index (χ2n) is 4.19. The lowest BCUT2D eigenvalue weighted by Crippen LogP contribution is -2.20. The first kappa shape index (κ1) is 12.9. The van der Waals surface area contributed by atoms with Crippen LogP contribution in [0.3, 0.4) is 0 Å². The Kier molecular flexibility index (Phi) is 3.66. The fourth-order valence-corrected chi connectivity index (χ4v) is 1.64. The standard InChI is InChI=1S/C14H14FN3O/c1-9-5-6-12(15)13(7-9)18-14(19)17-11-4-2-3-10(16)8-11/h2-8H,16H2,1H3,(H2,17,18,19). The van der Waals surface area contributed by atoms with Crippen molar-refractivity contribution in [3.63, 3.8) is 0 Å². The monoisotopic (exact) mass is 259 g/mol. The summed E-state index contributed by atoms with van der Waals surface area (Å²) >= 11 is 0. The molecule has 0 aliphatic heterocycles. The molecule has 0 atom stereocenters. The van der Waals surface area contributed by atoms with E-state index in [0.29, 0.717) is 11.4 Å². The molecule has 0 aliphatic carbocycles. The largest absolute Gasteiger partial charge is 0.399 e. The molecule has 0 unspecified atom stereocenters. The van der Waals surface area contributed by atoms with Crippen LogP contribution in [0.4, 0.5) is 26.2 Å². The van der Waals surface area contributed by atoms with E-state index in [0.717, 1.165) is 5.56 Å². The maximum Gasteiger partial charge on any atom is 0.323 e. The van der Waals surface area contributed by atoms with Crippen molar-refractivity contribution in [2.45, 2.75) is 6.92 Å². The van der Waals surface area contributed by atoms with Crippen molar-refractivity contribution in [1.82, 2.24) is 0 Å². The minimum absolute atomic E-state index is 0.140. The number of benzene rings is 2. The molecule has 2 aromatic carbocycles. The molecule has 0 bridgehead atoms. The number of nitrogens with one attached hydrogen (secondary N) is 2. The molecular weight excluding hydrogens is 245 g/mol. The van der Waals surface area contributed by atoms with Crippen LogP contribution in [0.1, 0.15) is 5.56 Å². The Morgan fingerprint density at radius 1 is 1.16 bits per heavy atom. The molecule has 0 saturated carbocycles. The number of anilines is 3. The van der Waals surface area contributed by atoms with Gasteiger partial charge in [-0.25, -0.2) is 9.18 Å². The Hall–Kier alpha value is -2.56. The van der Waals surface area contributed by atoms with Gasteiger partial charge in [-0.1, -0.05) is 12.1 Å². The highest BCUT2D eigenvalue weighted by molar-refractivity contribution is 6.00. The van der Waals surface area contributed by atoms with Gasteiger partial charge in [0.15, 0.2) is 0 Å². The summed E-state index contributed by atoms with van der Waals surface area (Å²) < 4.78 is 13.5. The topological polar surface area (TPSA) is 67.2 Å². The van der Waals surface area contributed by atoms with Crippen LogP contribution in [0.5, 0.6) is 0 Å². The van der Waals surface area contributed by atoms with Crippen molar-refractivity contribution >= 4 is 23.1 Å². The predicted octanol–water partition coefficient (Wildman–Crippen LogP) is 3.36.